The molecule has 0 aliphatic carbocycles. The van der Waals surface area contributed by atoms with Crippen molar-refractivity contribution in [3.05, 3.63) is 0 Å². The number of carbonyl (C=O) groups excluding carboxylic acids is 2. The van der Waals surface area contributed by atoms with E-state index in [4.69, 9.17) is 5.73 Å². The first-order chi connectivity index (χ1) is 5.18. The molecule has 5 nitrogen and oxygen atoms in total. The fourth-order valence-corrected chi connectivity index (χ4v) is 0.985. The standard InChI is InChI=1S/C6H10N2O3/c7-6(10)11-3-4-1-2-5(9)8-4/h4H,1-3H2,(H2,7,10)(H,8,9)/t4-/m0/s1. The number of hydrogen-bond donors (Lipinski definition) is 2. The molecule has 0 aromatic rings. The van der Waals surface area contributed by atoms with Crippen LogP contribution in [0, 0.1) is 0 Å². The Morgan fingerprint density at radius 3 is 3.00 bits per heavy atom. The van der Waals surface area contributed by atoms with Crippen molar-refractivity contribution >= 4 is 12.0 Å². The zero-order valence-corrected chi connectivity index (χ0v) is 6.00. The number of nitrogens with one attached hydrogen (secondary N) is 1. The lowest BCUT2D eigenvalue weighted by molar-refractivity contribution is -0.119. The highest BCUT2D eigenvalue weighted by atomic mass is 16.5. The summed E-state index contributed by atoms with van der Waals surface area (Å²) in [6.45, 7) is 0.182. The first kappa shape index (κ1) is 7.84. The average molecular weight is 158 g/mol. The monoisotopic (exact) mass is 158 g/mol. The molecule has 1 fully saturated rings. The predicted octanol–water partition coefficient (Wildman–Crippen LogP) is -0.640. The van der Waals surface area contributed by atoms with E-state index in [9.17, 15) is 9.59 Å². The van der Waals surface area contributed by atoms with E-state index in [2.05, 4.69) is 10.1 Å². The van der Waals surface area contributed by atoms with Gasteiger partial charge in [-0.05, 0) is 6.42 Å². The molecule has 0 aromatic heterocycles. The maximum Gasteiger partial charge on any atom is 0.404 e. The van der Waals surface area contributed by atoms with Crippen molar-refractivity contribution < 1.29 is 14.3 Å². The summed E-state index contributed by atoms with van der Waals surface area (Å²) < 4.78 is 4.50. The SMILES string of the molecule is NC(=O)OC[C@@H]1CCC(=O)N1. The van der Waals surface area contributed by atoms with Crippen LogP contribution in [0.25, 0.3) is 0 Å². The molecule has 1 atom stereocenters. The van der Waals surface area contributed by atoms with Gasteiger partial charge in [0.25, 0.3) is 0 Å². The summed E-state index contributed by atoms with van der Waals surface area (Å²) in [4.78, 5) is 20.7. The van der Waals surface area contributed by atoms with Crippen molar-refractivity contribution in [2.75, 3.05) is 6.61 Å². The molecule has 1 aliphatic heterocycles. The highest BCUT2D eigenvalue weighted by Gasteiger charge is 2.21. The van der Waals surface area contributed by atoms with Crippen molar-refractivity contribution in [1.82, 2.24) is 5.32 Å². The molecule has 5 heteroatoms. The van der Waals surface area contributed by atoms with E-state index < -0.39 is 6.09 Å². The van der Waals surface area contributed by atoms with Crippen molar-refractivity contribution in [1.29, 1.82) is 0 Å². The Kier molecular flexibility index (Phi) is 2.30. The van der Waals surface area contributed by atoms with Crippen LogP contribution in [0.3, 0.4) is 0 Å². The summed E-state index contributed by atoms with van der Waals surface area (Å²) in [7, 11) is 0. The first-order valence-corrected chi connectivity index (χ1v) is 3.40. The molecule has 1 rings (SSSR count). The van der Waals surface area contributed by atoms with Gasteiger partial charge in [0.1, 0.15) is 6.61 Å². The molecule has 0 unspecified atom stereocenters. The van der Waals surface area contributed by atoms with E-state index >= 15 is 0 Å². The maximum atomic E-state index is 10.6. The fourth-order valence-electron chi connectivity index (χ4n) is 0.985. The van der Waals surface area contributed by atoms with Crippen LogP contribution in [-0.2, 0) is 9.53 Å². The molecule has 0 saturated carbocycles. The summed E-state index contributed by atoms with van der Waals surface area (Å²) in [5.41, 5.74) is 4.73. The lowest BCUT2D eigenvalue weighted by atomic mass is 10.2. The summed E-state index contributed by atoms with van der Waals surface area (Å²) in [5, 5.41) is 2.64. The smallest absolute Gasteiger partial charge is 0.404 e. The Bertz CT molecular complexity index is 181. The second-order valence-corrected chi connectivity index (χ2v) is 2.43. The second-order valence-electron chi connectivity index (χ2n) is 2.43. The van der Waals surface area contributed by atoms with Crippen LogP contribution in [0.5, 0.6) is 0 Å². The molecule has 2 amide bonds. The van der Waals surface area contributed by atoms with Crippen molar-refractivity contribution in [2.45, 2.75) is 18.9 Å². The average Bonchev–Trinajstić information content (AvgIpc) is 2.31. The lowest BCUT2D eigenvalue weighted by Crippen LogP contribution is -2.31. The second kappa shape index (κ2) is 3.23. The number of amides is 2. The number of nitrogens with two attached hydrogens (primary N) is 1. The van der Waals surface area contributed by atoms with Gasteiger partial charge >= 0.3 is 6.09 Å². The number of carbonyl (C=O) groups is 2. The molecule has 0 spiro atoms. The number of hydrogen-bond acceptors (Lipinski definition) is 3. The van der Waals surface area contributed by atoms with Gasteiger partial charge in [-0.3, -0.25) is 4.79 Å². The van der Waals surface area contributed by atoms with E-state index in [1.807, 2.05) is 0 Å². The molecule has 62 valence electrons. The van der Waals surface area contributed by atoms with Crippen LogP contribution in [0.15, 0.2) is 0 Å². The van der Waals surface area contributed by atoms with E-state index in [0.717, 1.165) is 0 Å². The van der Waals surface area contributed by atoms with Crippen LogP contribution in [0.2, 0.25) is 0 Å². The zero-order valence-electron chi connectivity index (χ0n) is 6.00. The highest BCUT2D eigenvalue weighted by molar-refractivity contribution is 5.78. The number of ether oxygens (including phenoxy) is 1. The molecular formula is C6H10N2O3. The van der Waals surface area contributed by atoms with Crippen LogP contribution in [-0.4, -0.2) is 24.6 Å². The van der Waals surface area contributed by atoms with Gasteiger partial charge in [0, 0.05) is 6.42 Å². The van der Waals surface area contributed by atoms with Crippen LogP contribution in [0.1, 0.15) is 12.8 Å². The molecular weight excluding hydrogens is 148 g/mol. The summed E-state index contributed by atoms with van der Waals surface area (Å²) in [6, 6.07) is -0.0463. The van der Waals surface area contributed by atoms with Gasteiger partial charge in [0.15, 0.2) is 0 Å². The van der Waals surface area contributed by atoms with E-state index in [1.54, 1.807) is 0 Å². The third-order valence-electron chi connectivity index (χ3n) is 1.51. The molecule has 0 aromatic carbocycles. The molecule has 1 heterocycles. The summed E-state index contributed by atoms with van der Waals surface area (Å²) >= 11 is 0. The minimum atomic E-state index is -0.800. The molecule has 3 N–H and O–H groups in total. The van der Waals surface area contributed by atoms with E-state index in [0.29, 0.717) is 12.8 Å². The Hall–Kier alpha value is -1.26. The number of rotatable bonds is 2. The van der Waals surface area contributed by atoms with Gasteiger partial charge in [0.2, 0.25) is 5.91 Å². The Morgan fingerprint density at radius 2 is 2.55 bits per heavy atom. The van der Waals surface area contributed by atoms with Crippen molar-refractivity contribution in [2.24, 2.45) is 5.73 Å². The number of primary amides is 1. The molecule has 11 heavy (non-hydrogen) atoms. The van der Waals surface area contributed by atoms with Gasteiger partial charge in [0.05, 0.1) is 6.04 Å². The van der Waals surface area contributed by atoms with Gasteiger partial charge < -0.3 is 15.8 Å². The predicted molar refractivity (Wildman–Crippen MR) is 36.7 cm³/mol. The Labute approximate surface area is 63.9 Å². The highest BCUT2D eigenvalue weighted by Crippen LogP contribution is 2.05. The Morgan fingerprint density at radius 1 is 1.82 bits per heavy atom. The largest absolute Gasteiger partial charge is 0.448 e. The quantitative estimate of drug-likeness (QED) is 0.560. The van der Waals surface area contributed by atoms with Crippen LogP contribution >= 0.6 is 0 Å². The molecule has 1 saturated heterocycles. The fraction of sp³-hybridized carbons (Fsp3) is 0.667. The summed E-state index contributed by atoms with van der Waals surface area (Å²) in [5.74, 6) is 0.00284. The zero-order chi connectivity index (χ0) is 8.27. The minimum Gasteiger partial charge on any atom is -0.448 e. The third-order valence-corrected chi connectivity index (χ3v) is 1.51. The van der Waals surface area contributed by atoms with Gasteiger partial charge in [-0.25, -0.2) is 4.79 Å². The Balaban J connectivity index is 2.18. The van der Waals surface area contributed by atoms with Gasteiger partial charge in [-0.15, -0.1) is 0 Å². The minimum absolute atomic E-state index is 0.00284. The van der Waals surface area contributed by atoms with Crippen LogP contribution < -0.4 is 11.1 Å². The van der Waals surface area contributed by atoms with Gasteiger partial charge in [-0.2, -0.15) is 0 Å². The van der Waals surface area contributed by atoms with Crippen molar-refractivity contribution in [3.63, 3.8) is 0 Å². The van der Waals surface area contributed by atoms with Crippen LogP contribution in [0.4, 0.5) is 4.79 Å². The third kappa shape index (κ3) is 2.45. The lowest BCUT2D eigenvalue weighted by Gasteiger charge is -2.07. The molecule has 0 bridgehead atoms. The normalized spacial score (nSPS) is 22.9. The topological polar surface area (TPSA) is 81.4 Å². The van der Waals surface area contributed by atoms with E-state index in [1.165, 1.54) is 0 Å². The van der Waals surface area contributed by atoms with Gasteiger partial charge in [-0.1, -0.05) is 0 Å². The maximum absolute atomic E-state index is 10.6. The molecule has 0 radical (unpaired) electrons. The first-order valence-electron chi connectivity index (χ1n) is 3.40. The van der Waals surface area contributed by atoms with Crippen molar-refractivity contribution in [3.8, 4) is 0 Å². The molecule has 1 aliphatic rings. The summed E-state index contributed by atoms with van der Waals surface area (Å²) in [6.07, 6.45) is 0.421. The van der Waals surface area contributed by atoms with E-state index in [-0.39, 0.29) is 18.6 Å².